The van der Waals surface area contributed by atoms with Gasteiger partial charge in [-0.05, 0) is 19.9 Å². The van der Waals surface area contributed by atoms with Gasteiger partial charge in [-0.25, -0.2) is 4.98 Å². The lowest BCUT2D eigenvalue weighted by Crippen LogP contribution is -2.31. The number of rotatable bonds is 6. The van der Waals surface area contributed by atoms with Gasteiger partial charge in [-0.2, -0.15) is 0 Å². The fraction of sp³-hybridized carbons (Fsp3) is 0.500. The van der Waals surface area contributed by atoms with Crippen LogP contribution in [0.25, 0.3) is 0 Å². The van der Waals surface area contributed by atoms with E-state index in [4.69, 9.17) is 5.73 Å². The van der Waals surface area contributed by atoms with Crippen LogP contribution in [0.1, 0.15) is 19.4 Å². The van der Waals surface area contributed by atoms with Crippen molar-refractivity contribution < 1.29 is 4.79 Å². The molecule has 0 bridgehead atoms. The van der Waals surface area contributed by atoms with Crippen molar-refractivity contribution in [3.8, 4) is 0 Å². The molecule has 0 aliphatic heterocycles. The van der Waals surface area contributed by atoms with Crippen molar-refractivity contribution in [2.75, 3.05) is 24.6 Å². The van der Waals surface area contributed by atoms with Crippen molar-refractivity contribution in [1.82, 2.24) is 9.88 Å². The van der Waals surface area contributed by atoms with Gasteiger partial charge in [0.1, 0.15) is 5.82 Å². The Morgan fingerprint density at radius 2 is 2.18 bits per heavy atom. The Labute approximate surface area is 107 Å². The molecule has 4 nitrogen and oxygen atoms in total. The number of nitrogens with zero attached hydrogens (tertiary/aromatic N) is 2. The zero-order valence-electron chi connectivity index (χ0n) is 10.3. The Bertz CT molecular complexity index is 367. The van der Waals surface area contributed by atoms with Crippen molar-refractivity contribution in [3.63, 3.8) is 0 Å². The first-order valence-corrected chi connectivity index (χ1v) is 6.89. The van der Waals surface area contributed by atoms with Crippen LogP contribution in [-0.2, 0) is 10.5 Å². The minimum Gasteiger partial charge on any atom is -0.383 e. The topological polar surface area (TPSA) is 59.2 Å². The fourth-order valence-electron chi connectivity index (χ4n) is 1.49. The molecule has 0 unspecified atom stereocenters. The summed E-state index contributed by atoms with van der Waals surface area (Å²) in [5.41, 5.74) is 6.72. The Morgan fingerprint density at radius 1 is 1.47 bits per heavy atom. The lowest BCUT2D eigenvalue weighted by Gasteiger charge is -2.18. The molecule has 0 spiro atoms. The van der Waals surface area contributed by atoms with E-state index in [1.807, 2.05) is 30.9 Å². The first-order chi connectivity index (χ1) is 8.19. The Morgan fingerprint density at radius 3 is 2.76 bits per heavy atom. The zero-order chi connectivity index (χ0) is 12.7. The highest BCUT2D eigenvalue weighted by atomic mass is 32.2. The number of carbonyl (C=O) groups excluding carboxylic acids is 1. The van der Waals surface area contributed by atoms with Gasteiger partial charge in [0, 0.05) is 30.6 Å². The molecular formula is C12H19N3OS. The van der Waals surface area contributed by atoms with Crippen LogP contribution in [0.5, 0.6) is 0 Å². The highest BCUT2D eigenvalue weighted by molar-refractivity contribution is 7.99. The average Bonchev–Trinajstić information content (AvgIpc) is 2.33. The molecule has 0 radical (unpaired) electrons. The molecule has 1 rings (SSSR count). The summed E-state index contributed by atoms with van der Waals surface area (Å²) in [5.74, 6) is 1.96. The molecule has 1 amide bonds. The molecule has 0 atom stereocenters. The molecule has 0 saturated carbocycles. The van der Waals surface area contributed by atoms with Gasteiger partial charge in [0.15, 0.2) is 0 Å². The predicted octanol–water partition coefficient (Wildman–Crippen LogP) is 1.77. The molecule has 0 aromatic carbocycles. The van der Waals surface area contributed by atoms with Crippen LogP contribution in [0.4, 0.5) is 5.82 Å². The molecule has 1 aromatic heterocycles. The van der Waals surface area contributed by atoms with E-state index in [0.717, 1.165) is 24.4 Å². The molecule has 2 N–H and O–H groups in total. The largest absolute Gasteiger partial charge is 0.383 e. The van der Waals surface area contributed by atoms with Gasteiger partial charge in [0.25, 0.3) is 0 Å². The number of anilines is 1. The average molecular weight is 253 g/mol. The van der Waals surface area contributed by atoms with Crippen molar-refractivity contribution in [2.24, 2.45) is 0 Å². The van der Waals surface area contributed by atoms with Gasteiger partial charge in [0.2, 0.25) is 5.91 Å². The molecule has 0 fully saturated rings. The molecule has 17 heavy (non-hydrogen) atoms. The molecular weight excluding hydrogens is 234 g/mol. The van der Waals surface area contributed by atoms with E-state index < -0.39 is 0 Å². The maximum atomic E-state index is 11.7. The predicted molar refractivity (Wildman–Crippen MR) is 72.7 cm³/mol. The van der Waals surface area contributed by atoms with Gasteiger partial charge >= 0.3 is 0 Å². The summed E-state index contributed by atoms with van der Waals surface area (Å²) in [7, 11) is 0. The van der Waals surface area contributed by atoms with E-state index in [2.05, 4.69) is 4.98 Å². The van der Waals surface area contributed by atoms with E-state index in [9.17, 15) is 4.79 Å². The Balaban J connectivity index is 2.38. The lowest BCUT2D eigenvalue weighted by molar-refractivity contribution is -0.127. The molecule has 1 aromatic rings. The smallest absolute Gasteiger partial charge is 0.232 e. The zero-order valence-corrected chi connectivity index (χ0v) is 11.2. The highest BCUT2D eigenvalue weighted by Crippen LogP contribution is 2.16. The Kier molecular flexibility index (Phi) is 5.83. The highest BCUT2D eigenvalue weighted by Gasteiger charge is 2.09. The van der Waals surface area contributed by atoms with Gasteiger partial charge in [-0.1, -0.05) is 6.07 Å². The van der Waals surface area contributed by atoms with Crippen LogP contribution in [0.2, 0.25) is 0 Å². The second kappa shape index (κ2) is 7.17. The second-order valence-electron chi connectivity index (χ2n) is 3.61. The van der Waals surface area contributed by atoms with Gasteiger partial charge in [-0.15, -0.1) is 11.8 Å². The summed E-state index contributed by atoms with van der Waals surface area (Å²) in [6, 6.07) is 3.80. The maximum Gasteiger partial charge on any atom is 0.232 e. The SMILES string of the molecule is CCN(CC)C(=O)CSCc1cccnc1N. The van der Waals surface area contributed by atoms with Crippen molar-refractivity contribution in [3.05, 3.63) is 23.9 Å². The van der Waals surface area contributed by atoms with E-state index in [0.29, 0.717) is 11.6 Å². The van der Waals surface area contributed by atoms with Crippen LogP contribution >= 0.6 is 11.8 Å². The first kappa shape index (κ1) is 13.8. The molecule has 0 aliphatic carbocycles. The number of nitrogens with two attached hydrogens (primary N) is 1. The number of pyridine rings is 1. The minimum absolute atomic E-state index is 0.183. The summed E-state index contributed by atoms with van der Waals surface area (Å²) in [6.45, 7) is 5.52. The van der Waals surface area contributed by atoms with Crippen LogP contribution in [0.15, 0.2) is 18.3 Å². The standard InChI is InChI=1S/C12H19N3OS/c1-3-15(4-2)11(16)9-17-8-10-6-5-7-14-12(10)13/h5-7H,3-4,8-9H2,1-2H3,(H2,13,14). The lowest BCUT2D eigenvalue weighted by atomic mass is 10.3. The summed E-state index contributed by atoms with van der Waals surface area (Å²) in [5, 5.41) is 0. The van der Waals surface area contributed by atoms with E-state index in [1.54, 1.807) is 18.0 Å². The van der Waals surface area contributed by atoms with E-state index in [1.165, 1.54) is 0 Å². The number of nitrogen functional groups attached to an aromatic ring is 1. The van der Waals surface area contributed by atoms with Crippen LogP contribution in [0, 0.1) is 0 Å². The molecule has 94 valence electrons. The maximum absolute atomic E-state index is 11.7. The second-order valence-corrected chi connectivity index (χ2v) is 4.59. The molecule has 5 heteroatoms. The summed E-state index contributed by atoms with van der Waals surface area (Å²) < 4.78 is 0. The monoisotopic (exact) mass is 253 g/mol. The summed E-state index contributed by atoms with van der Waals surface area (Å²) >= 11 is 1.58. The number of thioether (sulfide) groups is 1. The molecule has 1 heterocycles. The summed E-state index contributed by atoms with van der Waals surface area (Å²) in [4.78, 5) is 17.6. The first-order valence-electron chi connectivity index (χ1n) is 5.73. The van der Waals surface area contributed by atoms with Crippen LogP contribution in [0.3, 0.4) is 0 Å². The van der Waals surface area contributed by atoms with Gasteiger partial charge < -0.3 is 10.6 Å². The summed E-state index contributed by atoms with van der Waals surface area (Å²) in [6.07, 6.45) is 1.67. The van der Waals surface area contributed by atoms with Crippen LogP contribution in [-0.4, -0.2) is 34.6 Å². The molecule has 0 saturated heterocycles. The third-order valence-electron chi connectivity index (χ3n) is 2.53. The van der Waals surface area contributed by atoms with Crippen molar-refractivity contribution in [1.29, 1.82) is 0 Å². The third-order valence-corrected chi connectivity index (χ3v) is 3.49. The van der Waals surface area contributed by atoms with Gasteiger partial charge in [-0.3, -0.25) is 4.79 Å². The van der Waals surface area contributed by atoms with Crippen molar-refractivity contribution >= 4 is 23.5 Å². The number of carbonyl (C=O) groups is 1. The van der Waals surface area contributed by atoms with E-state index >= 15 is 0 Å². The number of hydrogen-bond donors (Lipinski definition) is 1. The quantitative estimate of drug-likeness (QED) is 0.839. The number of hydrogen-bond acceptors (Lipinski definition) is 4. The molecule has 0 aliphatic rings. The van der Waals surface area contributed by atoms with Crippen molar-refractivity contribution in [2.45, 2.75) is 19.6 Å². The number of amides is 1. The van der Waals surface area contributed by atoms with Crippen LogP contribution < -0.4 is 5.73 Å². The van der Waals surface area contributed by atoms with E-state index in [-0.39, 0.29) is 5.91 Å². The van der Waals surface area contributed by atoms with Gasteiger partial charge in [0.05, 0.1) is 5.75 Å². The third kappa shape index (κ3) is 4.26. The number of aromatic nitrogens is 1. The minimum atomic E-state index is 0.183. The normalized spacial score (nSPS) is 10.2. The fourth-order valence-corrected chi connectivity index (χ4v) is 2.41. The Hall–Kier alpha value is -1.23.